The van der Waals surface area contributed by atoms with E-state index in [1.54, 1.807) is 23.6 Å². The first-order valence-electron chi connectivity index (χ1n) is 6.87. The highest BCUT2D eigenvalue weighted by Crippen LogP contribution is 2.20. The van der Waals surface area contributed by atoms with Gasteiger partial charge in [-0.3, -0.25) is 4.79 Å². The largest absolute Gasteiger partial charge is 0.464 e. The number of thioether (sulfide) groups is 1. The van der Waals surface area contributed by atoms with Crippen LogP contribution in [0.2, 0.25) is 0 Å². The number of ether oxygens (including phenoxy) is 1. The third-order valence-corrected chi connectivity index (χ3v) is 4.40. The molecule has 1 aliphatic heterocycles. The summed E-state index contributed by atoms with van der Waals surface area (Å²) in [5.74, 6) is 1.44. The van der Waals surface area contributed by atoms with E-state index in [1.807, 2.05) is 6.92 Å². The van der Waals surface area contributed by atoms with Crippen LogP contribution >= 0.6 is 11.8 Å². The Kier molecular flexibility index (Phi) is 7.23. The van der Waals surface area contributed by atoms with E-state index in [0.717, 1.165) is 12.2 Å². The molecule has 1 fully saturated rings. The molecule has 1 aliphatic rings. The van der Waals surface area contributed by atoms with Crippen molar-refractivity contribution in [2.45, 2.75) is 32.7 Å². The van der Waals surface area contributed by atoms with Gasteiger partial charge in [0.25, 0.3) is 0 Å². The molecular formula is C13H24N2O3S. The highest BCUT2D eigenvalue weighted by Gasteiger charge is 2.33. The van der Waals surface area contributed by atoms with Crippen LogP contribution in [0.5, 0.6) is 0 Å². The molecule has 19 heavy (non-hydrogen) atoms. The van der Waals surface area contributed by atoms with Crippen LogP contribution in [-0.2, 0) is 14.3 Å². The van der Waals surface area contributed by atoms with Gasteiger partial charge in [-0.1, -0.05) is 13.3 Å². The van der Waals surface area contributed by atoms with Gasteiger partial charge in [0.2, 0.25) is 5.91 Å². The molecule has 6 heteroatoms. The van der Waals surface area contributed by atoms with Crippen LogP contribution < -0.4 is 5.73 Å². The second kappa shape index (κ2) is 8.43. The van der Waals surface area contributed by atoms with E-state index in [0.29, 0.717) is 31.9 Å². The molecule has 0 aromatic heterocycles. The van der Waals surface area contributed by atoms with Crippen LogP contribution in [0.3, 0.4) is 0 Å². The monoisotopic (exact) mass is 288 g/mol. The maximum absolute atomic E-state index is 12.3. The average molecular weight is 288 g/mol. The fraction of sp³-hybridized carbons (Fsp3) is 0.846. The van der Waals surface area contributed by atoms with Gasteiger partial charge in [-0.15, -0.1) is 0 Å². The van der Waals surface area contributed by atoms with Crippen molar-refractivity contribution in [3.05, 3.63) is 0 Å². The van der Waals surface area contributed by atoms with Gasteiger partial charge < -0.3 is 15.4 Å². The number of nitrogens with zero attached hydrogens (tertiary/aromatic N) is 1. The SMILES string of the molecule is CCOC(=O)C1CSCCN1C(=O)CC(CC)CN. The number of carbonyl (C=O) groups is 2. The lowest BCUT2D eigenvalue weighted by atomic mass is 10.0. The highest BCUT2D eigenvalue weighted by molar-refractivity contribution is 7.99. The number of nitrogens with two attached hydrogens (primary N) is 1. The summed E-state index contributed by atoms with van der Waals surface area (Å²) >= 11 is 1.69. The molecular weight excluding hydrogens is 264 g/mol. The summed E-state index contributed by atoms with van der Waals surface area (Å²) in [4.78, 5) is 25.9. The maximum atomic E-state index is 12.3. The molecule has 0 bridgehead atoms. The summed E-state index contributed by atoms with van der Waals surface area (Å²) < 4.78 is 5.05. The quantitative estimate of drug-likeness (QED) is 0.734. The number of amides is 1. The minimum Gasteiger partial charge on any atom is -0.464 e. The van der Waals surface area contributed by atoms with Crippen molar-refractivity contribution in [3.8, 4) is 0 Å². The predicted octanol–water partition coefficient (Wildman–Crippen LogP) is 0.869. The zero-order chi connectivity index (χ0) is 14.3. The maximum Gasteiger partial charge on any atom is 0.329 e. The molecule has 0 aromatic rings. The minimum absolute atomic E-state index is 0.0238. The van der Waals surface area contributed by atoms with Crippen molar-refractivity contribution in [1.29, 1.82) is 0 Å². The normalized spacial score (nSPS) is 21.0. The van der Waals surface area contributed by atoms with Gasteiger partial charge in [0, 0.05) is 24.5 Å². The number of hydrogen-bond acceptors (Lipinski definition) is 5. The second-order valence-corrected chi connectivity index (χ2v) is 5.79. The van der Waals surface area contributed by atoms with Crippen molar-refractivity contribution in [2.24, 2.45) is 11.7 Å². The van der Waals surface area contributed by atoms with Crippen LogP contribution in [-0.4, -0.2) is 54.0 Å². The fourth-order valence-corrected chi connectivity index (χ4v) is 3.13. The highest BCUT2D eigenvalue weighted by atomic mass is 32.2. The lowest BCUT2D eigenvalue weighted by Gasteiger charge is -2.34. The van der Waals surface area contributed by atoms with E-state index in [1.165, 1.54) is 0 Å². The van der Waals surface area contributed by atoms with E-state index in [4.69, 9.17) is 10.5 Å². The van der Waals surface area contributed by atoms with E-state index < -0.39 is 6.04 Å². The molecule has 1 heterocycles. The van der Waals surface area contributed by atoms with Crippen molar-refractivity contribution >= 4 is 23.6 Å². The number of carbonyl (C=O) groups excluding carboxylic acids is 2. The Morgan fingerprint density at radius 3 is 2.79 bits per heavy atom. The molecule has 0 aliphatic carbocycles. The third-order valence-electron chi connectivity index (χ3n) is 3.38. The Bertz CT molecular complexity index is 308. The molecule has 1 rings (SSSR count). The number of rotatable bonds is 6. The standard InChI is InChI=1S/C13H24N2O3S/c1-3-10(8-14)7-12(16)15-5-6-19-9-11(15)13(17)18-4-2/h10-11H,3-9,14H2,1-2H3. The van der Waals surface area contributed by atoms with E-state index in [-0.39, 0.29) is 17.8 Å². The van der Waals surface area contributed by atoms with Crippen molar-refractivity contribution in [3.63, 3.8) is 0 Å². The molecule has 1 saturated heterocycles. The molecule has 110 valence electrons. The van der Waals surface area contributed by atoms with Gasteiger partial charge in [-0.25, -0.2) is 4.79 Å². The van der Waals surface area contributed by atoms with E-state index >= 15 is 0 Å². The van der Waals surface area contributed by atoms with Gasteiger partial charge in [0.05, 0.1) is 6.61 Å². The van der Waals surface area contributed by atoms with E-state index in [2.05, 4.69) is 0 Å². The smallest absolute Gasteiger partial charge is 0.329 e. The van der Waals surface area contributed by atoms with Crippen LogP contribution in [0.1, 0.15) is 26.7 Å². The Balaban J connectivity index is 2.65. The van der Waals surface area contributed by atoms with Crippen LogP contribution in [0, 0.1) is 5.92 Å². The lowest BCUT2D eigenvalue weighted by Crippen LogP contribution is -2.51. The predicted molar refractivity (Wildman–Crippen MR) is 76.9 cm³/mol. The average Bonchev–Trinajstić information content (AvgIpc) is 2.44. The Morgan fingerprint density at radius 1 is 1.47 bits per heavy atom. The summed E-state index contributed by atoms with van der Waals surface area (Å²) in [5, 5.41) is 0. The topological polar surface area (TPSA) is 72.6 Å². The van der Waals surface area contributed by atoms with Gasteiger partial charge in [-0.2, -0.15) is 11.8 Å². The molecule has 1 amide bonds. The first-order valence-corrected chi connectivity index (χ1v) is 8.03. The van der Waals surface area contributed by atoms with Crippen LogP contribution in [0.15, 0.2) is 0 Å². The summed E-state index contributed by atoms with van der Waals surface area (Å²) in [6.07, 6.45) is 1.31. The summed E-state index contributed by atoms with van der Waals surface area (Å²) in [6.45, 7) is 5.28. The molecule has 2 N–H and O–H groups in total. The zero-order valence-corrected chi connectivity index (χ0v) is 12.6. The summed E-state index contributed by atoms with van der Waals surface area (Å²) in [6, 6.07) is -0.429. The van der Waals surface area contributed by atoms with Crippen molar-refractivity contribution < 1.29 is 14.3 Å². The van der Waals surface area contributed by atoms with E-state index in [9.17, 15) is 9.59 Å². The van der Waals surface area contributed by atoms with Gasteiger partial charge in [0.1, 0.15) is 6.04 Å². The lowest BCUT2D eigenvalue weighted by molar-refractivity contribution is -0.154. The number of esters is 1. The molecule has 0 saturated carbocycles. The molecule has 2 unspecified atom stereocenters. The zero-order valence-electron chi connectivity index (χ0n) is 11.8. The molecule has 5 nitrogen and oxygen atoms in total. The second-order valence-electron chi connectivity index (χ2n) is 4.64. The molecule has 2 atom stereocenters. The molecule has 0 radical (unpaired) electrons. The molecule has 0 aromatic carbocycles. The van der Waals surface area contributed by atoms with Crippen LogP contribution in [0.4, 0.5) is 0 Å². The Morgan fingerprint density at radius 2 is 2.21 bits per heavy atom. The minimum atomic E-state index is -0.429. The summed E-state index contributed by atoms with van der Waals surface area (Å²) in [5.41, 5.74) is 5.64. The van der Waals surface area contributed by atoms with Crippen molar-refractivity contribution in [1.82, 2.24) is 4.90 Å². The fourth-order valence-electron chi connectivity index (χ4n) is 2.09. The third kappa shape index (κ3) is 4.69. The first kappa shape index (κ1) is 16.3. The van der Waals surface area contributed by atoms with Gasteiger partial charge >= 0.3 is 5.97 Å². The van der Waals surface area contributed by atoms with Gasteiger partial charge in [-0.05, 0) is 19.4 Å². The van der Waals surface area contributed by atoms with Gasteiger partial charge in [0.15, 0.2) is 0 Å². The summed E-state index contributed by atoms with van der Waals surface area (Å²) in [7, 11) is 0. The molecule has 0 spiro atoms. The number of hydrogen-bond donors (Lipinski definition) is 1. The van der Waals surface area contributed by atoms with Crippen molar-refractivity contribution in [2.75, 3.05) is 31.2 Å². The first-order chi connectivity index (χ1) is 9.13. The Labute approximate surface area is 119 Å². The van der Waals surface area contributed by atoms with Crippen LogP contribution in [0.25, 0.3) is 0 Å². The Hall–Kier alpha value is -0.750.